The summed E-state index contributed by atoms with van der Waals surface area (Å²) in [5, 5.41) is 3.00. The second-order valence-corrected chi connectivity index (χ2v) is 6.43. The SMILES string of the molecule is Cn1c(NCC(=O)c2ccccc2-c2ccoc2)nc(-c2ccncc2)cc1=O. The van der Waals surface area contributed by atoms with Gasteiger partial charge in [0.05, 0.1) is 24.8 Å². The minimum Gasteiger partial charge on any atom is -0.472 e. The van der Waals surface area contributed by atoms with Gasteiger partial charge in [-0.25, -0.2) is 4.98 Å². The summed E-state index contributed by atoms with van der Waals surface area (Å²) in [5.74, 6) is 0.198. The third-order valence-corrected chi connectivity index (χ3v) is 4.58. The van der Waals surface area contributed by atoms with E-state index in [1.54, 1.807) is 50.2 Å². The summed E-state index contributed by atoms with van der Waals surface area (Å²) in [4.78, 5) is 33.7. The highest BCUT2D eigenvalue weighted by Crippen LogP contribution is 2.24. The van der Waals surface area contributed by atoms with Crippen molar-refractivity contribution in [2.75, 3.05) is 11.9 Å². The second kappa shape index (κ2) is 7.93. The van der Waals surface area contributed by atoms with Crippen molar-refractivity contribution in [3.63, 3.8) is 0 Å². The van der Waals surface area contributed by atoms with Crippen molar-refractivity contribution < 1.29 is 9.21 Å². The molecule has 4 aromatic rings. The maximum absolute atomic E-state index is 12.9. The van der Waals surface area contributed by atoms with Crippen LogP contribution in [0.15, 0.2) is 82.7 Å². The Labute approximate surface area is 166 Å². The normalized spacial score (nSPS) is 10.7. The molecule has 0 saturated carbocycles. The molecule has 1 N–H and O–H groups in total. The van der Waals surface area contributed by atoms with Gasteiger partial charge < -0.3 is 9.73 Å². The molecule has 0 aliphatic rings. The van der Waals surface area contributed by atoms with Gasteiger partial charge in [-0.05, 0) is 23.8 Å². The fourth-order valence-corrected chi connectivity index (χ4v) is 3.02. The number of aromatic nitrogens is 3. The molecule has 0 fully saturated rings. The number of benzene rings is 1. The van der Waals surface area contributed by atoms with E-state index in [1.165, 1.54) is 10.6 Å². The highest BCUT2D eigenvalue weighted by Gasteiger charge is 2.14. The highest BCUT2D eigenvalue weighted by atomic mass is 16.3. The Hall–Kier alpha value is -4.00. The fourth-order valence-electron chi connectivity index (χ4n) is 3.02. The van der Waals surface area contributed by atoms with E-state index in [9.17, 15) is 9.59 Å². The molecule has 4 rings (SSSR count). The number of nitrogens with one attached hydrogen (secondary N) is 1. The van der Waals surface area contributed by atoms with Gasteiger partial charge in [-0.15, -0.1) is 0 Å². The number of hydrogen-bond acceptors (Lipinski definition) is 6. The number of nitrogens with zero attached hydrogens (tertiary/aromatic N) is 3. The lowest BCUT2D eigenvalue weighted by molar-refractivity contribution is 0.101. The van der Waals surface area contributed by atoms with Crippen LogP contribution < -0.4 is 10.9 Å². The average Bonchev–Trinajstić information content (AvgIpc) is 3.30. The van der Waals surface area contributed by atoms with Gasteiger partial charge in [0, 0.05) is 42.2 Å². The summed E-state index contributed by atoms with van der Waals surface area (Å²) in [5.41, 5.74) is 3.26. The van der Waals surface area contributed by atoms with E-state index in [-0.39, 0.29) is 17.9 Å². The lowest BCUT2D eigenvalue weighted by atomic mass is 9.99. The van der Waals surface area contributed by atoms with Crippen molar-refractivity contribution in [1.29, 1.82) is 0 Å². The number of pyridine rings is 1. The van der Waals surface area contributed by atoms with Crippen LogP contribution in [0, 0.1) is 0 Å². The topological polar surface area (TPSA) is 90.0 Å². The van der Waals surface area contributed by atoms with Crippen LogP contribution in [0.25, 0.3) is 22.4 Å². The zero-order valence-corrected chi connectivity index (χ0v) is 15.7. The molecule has 7 nitrogen and oxygen atoms in total. The molecule has 0 aliphatic heterocycles. The number of Topliss-reactive ketones (excluding diaryl/α,β-unsaturated/α-hetero) is 1. The number of furan rings is 1. The van der Waals surface area contributed by atoms with Crippen LogP contribution in [0.5, 0.6) is 0 Å². The Morgan fingerprint density at radius 2 is 1.90 bits per heavy atom. The number of carbonyl (C=O) groups excluding carboxylic acids is 1. The molecule has 0 unspecified atom stereocenters. The Balaban J connectivity index is 1.60. The maximum atomic E-state index is 12.9. The van der Waals surface area contributed by atoms with Crippen LogP contribution in [0.3, 0.4) is 0 Å². The quantitative estimate of drug-likeness (QED) is 0.511. The number of carbonyl (C=O) groups is 1. The third-order valence-electron chi connectivity index (χ3n) is 4.58. The van der Waals surface area contributed by atoms with Crippen molar-refractivity contribution in [2.24, 2.45) is 7.05 Å². The zero-order valence-electron chi connectivity index (χ0n) is 15.7. The number of ketones is 1. The summed E-state index contributed by atoms with van der Waals surface area (Å²) in [7, 11) is 1.61. The Bertz CT molecular complexity index is 1200. The van der Waals surface area contributed by atoms with Crippen LogP contribution in [0.1, 0.15) is 10.4 Å². The molecule has 0 aliphatic carbocycles. The van der Waals surface area contributed by atoms with Gasteiger partial charge in [0.25, 0.3) is 5.56 Å². The van der Waals surface area contributed by atoms with E-state index in [2.05, 4.69) is 15.3 Å². The summed E-state index contributed by atoms with van der Waals surface area (Å²) >= 11 is 0. The molecular formula is C22H18N4O3. The van der Waals surface area contributed by atoms with Crippen molar-refractivity contribution in [1.82, 2.24) is 14.5 Å². The van der Waals surface area contributed by atoms with E-state index in [1.807, 2.05) is 24.3 Å². The van der Waals surface area contributed by atoms with Crippen molar-refractivity contribution >= 4 is 11.7 Å². The Kier molecular flexibility index (Phi) is 5.03. The van der Waals surface area contributed by atoms with E-state index in [4.69, 9.17) is 4.42 Å². The van der Waals surface area contributed by atoms with E-state index < -0.39 is 0 Å². The minimum atomic E-state index is -0.222. The molecule has 7 heteroatoms. The Morgan fingerprint density at radius 3 is 2.66 bits per heavy atom. The number of hydrogen-bond donors (Lipinski definition) is 1. The maximum Gasteiger partial charge on any atom is 0.255 e. The van der Waals surface area contributed by atoms with Gasteiger partial charge in [0.2, 0.25) is 5.95 Å². The molecule has 3 aromatic heterocycles. The van der Waals surface area contributed by atoms with Crippen LogP contribution in [0.2, 0.25) is 0 Å². The second-order valence-electron chi connectivity index (χ2n) is 6.43. The molecule has 1 aromatic carbocycles. The van der Waals surface area contributed by atoms with Crippen LogP contribution >= 0.6 is 0 Å². The molecule has 3 heterocycles. The molecule has 0 amide bonds. The standard InChI is InChI=1S/C22H18N4O3/c1-26-21(28)12-19(15-6-9-23-10-7-15)25-22(26)24-13-20(27)18-5-3-2-4-17(18)16-8-11-29-14-16/h2-12,14H,13H2,1H3,(H,24,25). The van der Waals surface area contributed by atoms with Crippen molar-refractivity contribution in [2.45, 2.75) is 0 Å². The summed E-state index contributed by atoms with van der Waals surface area (Å²) in [6.07, 6.45) is 6.44. The van der Waals surface area contributed by atoms with Crippen LogP contribution in [-0.4, -0.2) is 26.9 Å². The predicted molar refractivity (Wildman–Crippen MR) is 110 cm³/mol. The first-order valence-electron chi connectivity index (χ1n) is 9.00. The van der Waals surface area contributed by atoms with Gasteiger partial charge in [-0.3, -0.25) is 19.1 Å². The first-order valence-corrected chi connectivity index (χ1v) is 9.00. The first kappa shape index (κ1) is 18.4. The molecule has 0 spiro atoms. The van der Waals surface area contributed by atoms with Gasteiger partial charge in [0.1, 0.15) is 0 Å². The van der Waals surface area contributed by atoms with E-state index in [0.717, 1.165) is 16.7 Å². The van der Waals surface area contributed by atoms with E-state index >= 15 is 0 Å². The van der Waals surface area contributed by atoms with Gasteiger partial charge >= 0.3 is 0 Å². The lowest BCUT2D eigenvalue weighted by Gasteiger charge is -2.12. The van der Waals surface area contributed by atoms with Gasteiger partial charge in [-0.2, -0.15) is 0 Å². The summed E-state index contributed by atoms with van der Waals surface area (Å²) in [6.45, 7) is -0.00502. The molecule has 0 atom stereocenters. The largest absolute Gasteiger partial charge is 0.472 e. The molecule has 144 valence electrons. The lowest BCUT2D eigenvalue weighted by Crippen LogP contribution is -2.24. The molecule has 0 radical (unpaired) electrons. The smallest absolute Gasteiger partial charge is 0.255 e. The fraction of sp³-hybridized carbons (Fsp3) is 0.0909. The monoisotopic (exact) mass is 386 g/mol. The average molecular weight is 386 g/mol. The number of rotatable bonds is 6. The Morgan fingerprint density at radius 1 is 1.10 bits per heavy atom. The van der Waals surface area contributed by atoms with Crippen molar-refractivity contribution in [3.8, 4) is 22.4 Å². The predicted octanol–water partition coefficient (Wildman–Crippen LogP) is 3.40. The molecule has 0 bridgehead atoms. The van der Waals surface area contributed by atoms with E-state index in [0.29, 0.717) is 17.2 Å². The zero-order chi connectivity index (χ0) is 20.2. The van der Waals surface area contributed by atoms with Crippen LogP contribution in [-0.2, 0) is 7.05 Å². The molecule has 0 saturated heterocycles. The number of anilines is 1. The minimum absolute atomic E-state index is 0.00502. The third kappa shape index (κ3) is 3.84. The summed E-state index contributed by atoms with van der Waals surface area (Å²) in [6, 6.07) is 14.1. The summed E-state index contributed by atoms with van der Waals surface area (Å²) < 4.78 is 6.51. The van der Waals surface area contributed by atoms with Crippen LogP contribution in [0.4, 0.5) is 5.95 Å². The van der Waals surface area contributed by atoms with Gasteiger partial charge in [0.15, 0.2) is 5.78 Å². The van der Waals surface area contributed by atoms with Crippen molar-refractivity contribution in [3.05, 3.63) is 89.4 Å². The molecule has 29 heavy (non-hydrogen) atoms. The highest BCUT2D eigenvalue weighted by molar-refractivity contribution is 6.04. The first-order chi connectivity index (χ1) is 14.1. The molecular weight excluding hydrogens is 368 g/mol. The van der Waals surface area contributed by atoms with Gasteiger partial charge in [-0.1, -0.05) is 24.3 Å².